The van der Waals surface area contributed by atoms with Gasteiger partial charge in [0.2, 0.25) is 5.91 Å². The molecule has 1 aliphatic carbocycles. The van der Waals surface area contributed by atoms with Gasteiger partial charge >= 0.3 is 6.18 Å². The van der Waals surface area contributed by atoms with E-state index in [9.17, 15) is 23.1 Å². The normalized spacial score (nSPS) is 16.2. The molecule has 1 unspecified atom stereocenters. The van der Waals surface area contributed by atoms with E-state index in [1.807, 2.05) is 12.2 Å². The standard InChI is InChI=1S/C17H20F3NO3/c1-21(16(23)12-4-2-3-5-12)10-14(22)11-24-15-8-6-13(7-9-15)17(18,19)20/h2-3,6-9,12,14,22H,4-5,10-11H2,1H3. The number of allylic oxidation sites excluding steroid dienone is 2. The molecule has 1 aromatic rings. The second kappa shape index (κ2) is 7.70. The van der Waals surface area contributed by atoms with E-state index in [2.05, 4.69) is 0 Å². The topological polar surface area (TPSA) is 49.8 Å². The Hall–Kier alpha value is -2.02. The highest BCUT2D eigenvalue weighted by Crippen LogP contribution is 2.30. The fourth-order valence-corrected chi connectivity index (χ4v) is 2.52. The molecule has 7 heteroatoms. The number of ether oxygens (including phenoxy) is 1. The lowest BCUT2D eigenvalue weighted by Crippen LogP contribution is -2.39. The first kappa shape index (κ1) is 18.3. The SMILES string of the molecule is CN(CC(O)COc1ccc(C(F)(F)F)cc1)C(=O)C1CC=CC1. The highest BCUT2D eigenvalue weighted by Gasteiger charge is 2.30. The van der Waals surface area contributed by atoms with Crippen LogP contribution in [0.2, 0.25) is 0 Å². The average Bonchev–Trinajstić information content (AvgIpc) is 3.06. The molecule has 4 nitrogen and oxygen atoms in total. The highest BCUT2D eigenvalue weighted by atomic mass is 19.4. The molecule has 0 aliphatic heterocycles. The number of nitrogens with zero attached hydrogens (tertiary/aromatic N) is 1. The Morgan fingerprint density at radius 1 is 1.29 bits per heavy atom. The first-order valence-corrected chi connectivity index (χ1v) is 7.65. The van der Waals surface area contributed by atoms with Crippen molar-refractivity contribution in [2.45, 2.75) is 25.1 Å². The van der Waals surface area contributed by atoms with Gasteiger partial charge in [0.15, 0.2) is 0 Å². The summed E-state index contributed by atoms with van der Waals surface area (Å²) in [4.78, 5) is 13.6. The zero-order valence-corrected chi connectivity index (χ0v) is 13.3. The van der Waals surface area contributed by atoms with Crippen LogP contribution in [0, 0.1) is 5.92 Å². The Kier molecular flexibility index (Phi) is 5.88. The first-order valence-electron chi connectivity index (χ1n) is 7.65. The van der Waals surface area contributed by atoms with Crippen LogP contribution in [0.5, 0.6) is 5.75 Å². The summed E-state index contributed by atoms with van der Waals surface area (Å²) in [5.41, 5.74) is -0.758. The Morgan fingerprint density at radius 3 is 2.42 bits per heavy atom. The molecule has 132 valence electrons. The van der Waals surface area contributed by atoms with E-state index >= 15 is 0 Å². The van der Waals surface area contributed by atoms with Crippen molar-refractivity contribution in [3.63, 3.8) is 0 Å². The Labute approximate surface area is 138 Å². The van der Waals surface area contributed by atoms with Crippen LogP contribution < -0.4 is 4.74 Å². The Balaban J connectivity index is 1.78. The smallest absolute Gasteiger partial charge is 0.416 e. The number of aliphatic hydroxyl groups excluding tert-OH is 1. The minimum Gasteiger partial charge on any atom is -0.491 e. The van der Waals surface area contributed by atoms with Gasteiger partial charge in [-0.05, 0) is 37.1 Å². The summed E-state index contributed by atoms with van der Waals surface area (Å²) in [5, 5.41) is 9.94. The van der Waals surface area contributed by atoms with Crippen molar-refractivity contribution in [2.75, 3.05) is 20.2 Å². The predicted octanol–water partition coefficient (Wildman–Crippen LogP) is 2.87. The molecule has 1 amide bonds. The van der Waals surface area contributed by atoms with E-state index in [0.29, 0.717) is 12.8 Å². The number of carbonyl (C=O) groups excluding carboxylic acids is 1. The van der Waals surface area contributed by atoms with Crippen molar-refractivity contribution >= 4 is 5.91 Å². The van der Waals surface area contributed by atoms with Crippen LogP contribution in [-0.2, 0) is 11.0 Å². The van der Waals surface area contributed by atoms with Gasteiger partial charge in [-0.15, -0.1) is 0 Å². The van der Waals surface area contributed by atoms with Gasteiger partial charge in [-0.1, -0.05) is 12.2 Å². The predicted molar refractivity (Wildman–Crippen MR) is 82.4 cm³/mol. The molecule has 0 saturated heterocycles. The number of alkyl halides is 3. The third-order valence-electron chi connectivity index (χ3n) is 3.84. The molecule has 0 fully saturated rings. The number of hydrogen-bond donors (Lipinski definition) is 1. The summed E-state index contributed by atoms with van der Waals surface area (Å²) >= 11 is 0. The molecule has 1 atom stereocenters. The lowest BCUT2D eigenvalue weighted by Gasteiger charge is -2.23. The fourth-order valence-electron chi connectivity index (χ4n) is 2.52. The van der Waals surface area contributed by atoms with Gasteiger partial charge in [0, 0.05) is 19.5 Å². The van der Waals surface area contributed by atoms with Crippen LogP contribution in [0.1, 0.15) is 18.4 Å². The number of hydrogen-bond acceptors (Lipinski definition) is 3. The second-order valence-corrected chi connectivity index (χ2v) is 5.85. The van der Waals surface area contributed by atoms with Crippen LogP contribution in [0.4, 0.5) is 13.2 Å². The molecular weight excluding hydrogens is 323 g/mol. The van der Waals surface area contributed by atoms with Crippen molar-refractivity contribution in [1.82, 2.24) is 4.90 Å². The number of likely N-dealkylation sites (N-methyl/N-ethyl adjacent to an activating group) is 1. The minimum absolute atomic E-state index is 0.0337. The van der Waals surface area contributed by atoms with E-state index in [4.69, 9.17) is 4.74 Å². The van der Waals surface area contributed by atoms with E-state index in [1.165, 1.54) is 17.0 Å². The molecule has 0 bridgehead atoms. The van der Waals surface area contributed by atoms with E-state index < -0.39 is 17.8 Å². The van der Waals surface area contributed by atoms with Gasteiger partial charge in [-0.2, -0.15) is 13.2 Å². The monoisotopic (exact) mass is 343 g/mol. The van der Waals surface area contributed by atoms with E-state index in [1.54, 1.807) is 7.05 Å². The van der Waals surface area contributed by atoms with Gasteiger partial charge < -0.3 is 14.7 Å². The lowest BCUT2D eigenvalue weighted by molar-refractivity contribution is -0.137. The molecule has 1 aromatic carbocycles. The molecule has 0 saturated carbocycles. The first-order chi connectivity index (χ1) is 11.3. The van der Waals surface area contributed by atoms with Gasteiger partial charge in [0.25, 0.3) is 0 Å². The van der Waals surface area contributed by atoms with Crippen molar-refractivity contribution < 1.29 is 27.8 Å². The number of amides is 1. The quantitative estimate of drug-likeness (QED) is 0.808. The number of aliphatic hydroxyl groups is 1. The molecule has 0 heterocycles. The van der Waals surface area contributed by atoms with Crippen molar-refractivity contribution in [2.24, 2.45) is 5.92 Å². The molecule has 1 aliphatic rings. The summed E-state index contributed by atoms with van der Waals surface area (Å²) < 4.78 is 42.6. The van der Waals surface area contributed by atoms with Gasteiger partial charge in [-0.3, -0.25) is 4.79 Å². The van der Waals surface area contributed by atoms with Crippen molar-refractivity contribution in [3.8, 4) is 5.75 Å². The lowest BCUT2D eigenvalue weighted by atomic mass is 10.1. The number of benzene rings is 1. The fraction of sp³-hybridized carbons (Fsp3) is 0.471. The summed E-state index contributed by atoms with van der Waals surface area (Å²) in [7, 11) is 1.61. The van der Waals surface area contributed by atoms with Crippen molar-refractivity contribution in [3.05, 3.63) is 42.0 Å². The molecule has 24 heavy (non-hydrogen) atoms. The summed E-state index contributed by atoms with van der Waals surface area (Å²) in [5.74, 6) is 0.127. The third kappa shape index (κ3) is 4.99. The maximum Gasteiger partial charge on any atom is 0.416 e. The molecular formula is C17H20F3NO3. The molecule has 0 spiro atoms. The summed E-state index contributed by atoms with van der Waals surface area (Å²) in [6.07, 6.45) is 0.0237. The van der Waals surface area contributed by atoms with Crippen LogP contribution >= 0.6 is 0 Å². The highest BCUT2D eigenvalue weighted by molar-refractivity contribution is 5.79. The van der Waals surface area contributed by atoms with Crippen LogP contribution in [-0.4, -0.2) is 42.2 Å². The maximum absolute atomic E-state index is 12.5. The third-order valence-corrected chi connectivity index (χ3v) is 3.84. The minimum atomic E-state index is -4.39. The number of halogens is 3. The molecule has 1 N–H and O–H groups in total. The molecule has 2 rings (SSSR count). The van der Waals surface area contributed by atoms with Crippen LogP contribution in [0.25, 0.3) is 0 Å². The number of carbonyl (C=O) groups is 1. The maximum atomic E-state index is 12.5. The van der Waals surface area contributed by atoms with Gasteiger partial charge in [-0.25, -0.2) is 0 Å². The van der Waals surface area contributed by atoms with Crippen molar-refractivity contribution in [1.29, 1.82) is 0 Å². The summed E-state index contributed by atoms with van der Waals surface area (Å²) in [6, 6.07) is 4.25. The van der Waals surface area contributed by atoms with Crippen LogP contribution in [0.15, 0.2) is 36.4 Å². The van der Waals surface area contributed by atoms with E-state index in [0.717, 1.165) is 12.1 Å². The number of rotatable bonds is 6. The average molecular weight is 343 g/mol. The van der Waals surface area contributed by atoms with Gasteiger partial charge in [0.1, 0.15) is 18.5 Å². The zero-order chi connectivity index (χ0) is 17.7. The molecule has 0 radical (unpaired) electrons. The van der Waals surface area contributed by atoms with Crippen LogP contribution in [0.3, 0.4) is 0 Å². The molecule has 0 aromatic heterocycles. The van der Waals surface area contributed by atoms with E-state index in [-0.39, 0.29) is 30.7 Å². The summed E-state index contributed by atoms with van der Waals surface area (Å²) in [6.45, 7) is 0.00185. The second-order valence-electron chi connectivity index (χ2n) is 5.85. The van der Waals surface area contributed by atoms with Gasteiger partial charge in [0.05, 0.1) is 5.56 Å². The Bertz CT molecular complexity index is 576. The largest absolute Gasteiger partial charge is 0.491 e. The zero-order valence-electron chi connectivity index (χ0n) is 13.3. The Morgan fingerprint density at radius 2 is 1.88 bits per heavy atom.